The Hall–Kier alpha value is -1.66. The Kier molecular flexibility index (Phi) is 53.5. The van der Waals surface area contributed by atoms with Crippen LogP contribution >= 0.6 is 0 Å². The minimum absolute atomic E-state index is 0.00408. The van der Waals surface area contributed by atoms with Gasteiger partial charge in [-0.15, -0.1) is 0 Å². The summed E-state index contributed by atoms with van der Waals surface area (Å²) in [6.07, 6.45) is 66.1. The molecular formula is C59H113NO5. The molecule has 0 aliphatic carbocycles. The Balaban J connectivity index is 3.37. The van der Waals surface area contributed by atoms with E-state index in [9.17, 15) is 19.8 Å². The number of rotatable bonds is 54. The smallest absolute Gasteiger partial charge is 0.305 e. The number of ether oxygens (including phenoxy) is 1. The molecule has 0 aromatic rings. The van der Waals surface area contributed by atoms with Crippen LogP contribution in [0.25, 0.3) is 0 Å². The minimum Gasteiger partial charge on any atom is -0.466 e. The summed E-state index contributed by atoms with van der Waals surface area (Å²) in [6, 6.07) is -0.540. The molecule has 0 bridgehead atoms. The van der Waals surface area contributed by atoms with Crippen molar-refractivity contribution in [3.8, 4) is 0 Å². The standard InChI is InChI=1S/C59H113NO5/c1-3-5-7-9-11-13-15-33-37-41-45-49-53-59(64)65-54-50-46-42-38-34-31-29-27-25-23-21-19-17-16-18-20-22-24-26-28-30-32-36-40-44-48-52-58(63)60-56(55-61)57(62)51-47-43-39-35-14-12-10-8-6-4-2/h11,13,16,18,56-57,61-62H,3-10,12,14-15,17,19-55H2,1-2H3,(H,60,63)/b13-11-,18-16-. The zero-order valence-electron chi connectivity index (χ0n) is 43.7. The fourth-order valence-corrected chi connectivity index (χ4v) is 8.98. The molecule has 0 aliphatic heterocycles. The molecule has 0 fully saturated rings. The van der Waals surface area contributed by atoms with Crippen molar-refractivity contribution in [1.29, 1.82) is 0 Å². The molecule has 6 nitrogen and oxygen atoms in total. The highest BCUT2D eigenvalue weighted by atomic mass is 16.5. The van der Waals surface area contributed by atoms with Crippen LogP contribution in [0.15, 0.2) is 24.3 Å². The zero-order chi connectivity index (χ0) is 47.2. The second-order valence-electron chi connectivity index (χ2n) is 20.0. The van der Waals surface area contributed by atoms with Crippen LogP contribution < -0.4 is 5.32 Å². The van der Waals surface area contributed by atoms with E-state index < -0.39 is 12.1 Å². The highest BCUT2D eigenvalue weighted by molar-refractivity contribution is 5.76. The fraction of sp³-hybridized carbons (Fsp3) is 0.898. The lowest BCUT2D eigenvalue weighted by molar-refractivity contribution is -0.143. The van der Waals surface area contributed by atoms with Gasteiger partial charge in [-0.1, -0.05) is 250 Å². The van der Waals surface area contributed by atoms with E-state index in [2.05, 4.69) is 43.5 Å². The number of allylic oxidation sites excluding steroid dienone is 4. The van der Waals surface area contributed by atoms with Crippen molar-refractivity contribution in [3.05, 3.63) is 24.3 Å². The molecule has 0 aromatic carbocycles. The summed E-state index contributed by atoms with van der Waals surface area (Å²) >= 11 is 0. The summed E-state index contributed by atoms with van der Waals surface area (Å²) in [5, 5.41) is 23.1. The molecule has 1 amide bonds. The summed E-state index contributed by atoms with van der Waals surface area (Å²) in [7, 11) is 0. The molecule has 6 heteroatoms. The molecule has 0 spiro atoms. The molecule has 3 N–H and O–H groups in total. The van der Waals surface area contributed by atoms with E-state index in [4.69, 9.17) is 4.74 Å². The minimum atomic E-state index is -0.663. The van der Waals surface area contributed by atoms with Gasteiger partial charge in [-0.2, -0.15) is 0 Å². The Bertz CT molecular complexity index is 1010. The van der Waals surface area contributed by atoms with Gasteiger partial charge in [0.25, 0.3) is 0 Å². The van der Waals surface area contributed by atoms with Crippen molar-refractivity contribution in [2.24, 2.45) is 0 Å². The number of aliphatic hydroxyl groups is 2. The van der Waals surface area contributed by atoms with E-state index in [1.807, 2.05) is 0 Å². The maximum atomic E-state index is 12.4. The van der Waals surface area contributed by atoms with E-state index in [-0.39, 0.29) is 18.5 Å². The van der Waals surface area contributed by atoms with Crippen molar-refractivity contribution in [2.75, 3.05) is 13.2 Å². The number of esters is 1. The number of hydrogen-bond acceptors (Lipinski definition) is 5. The second-order valence-corrected chi connectivity index (χ2v) is 20.0. The van der Waals surface area contributed by atoms with Crippen molar-refractivity contribution in [3.63, 3.8) is 0 Å². The number of unbranched alkanes of at least 4 members (excludes halogenated alkanes) is 39. The van der Waals surface area contributed by atoms with Gasteiger partial charge in [-0.25, -0.2) is 0 Å². The third kappa shape index (κ3) is 51.6. The average Bonchev–Trinajstić information content (AvgIpc) is 3.31. The summed E-state index contributed by atoms with van der Waals surface area (Å²) in [4.78, 5) is 24.4. The van der Waals surface area contributed by atoms with Gasteiger partial charge in [-0.05, 0) is 77.0 Å². The number of aliphatic hydroxyl groups excluding tert-OH is 2. The quantitative estimate of drug-likeness (QED) is 0.0321. The number of hydrogen-bond donors (Lipinski definition) is 3. The normalized spacial score (nSPS) is 12.7. The van der Waals surface area contributed by atoms with Crippen molar-refractivity contribution >= 4 is 11.9 Å². The average molecular weight is 917 g/mol. The molecule has 0 radical (unpaired) electrons. The van der Waals surface area contributed by atoms with Crippen molar-refractivity contribution in [2.45, 2.75) is 328 Å². The molecule has 0 aliphatic rings. The van der Waals surface area contributed by atoms with Crippen molar-refractivity contribution < 1.29 is 24.5 Å². The van der Waals surface area contributed by atoms with Gasteiger partial charge in [-0.3, -0.25) is 9.59 Å². The molecule has 2 unspecified atom stereocenters. The molecule has 0 heterocycles. The summed E-state index contributed by atoms with van der Waals surface area (Å²) in [6.45, 7) is 4.92. The van der Waals surface area contributed by atoms with Gasteiger partial charge < -0.3 is 20.3 Å². The van der Waals surface area contributed by atoms with Crippen LogP contribution in [0.3, 0.4) is 0 Å². The van der Waals surface area contributed by atoms with E-state index in [0.29, 0.717) is 25.9 Å². The van der Waals surface area contributed by atoms with Crippen LogP contribution in [0.5, 0.6) is 0 Å². The first-order valence-corrected chi connectivity index (χ1v) is 29.1. The SMILES string of the molecule is CCCCC/C=C\CCCCCCCC(=O)OCCCCCCCCCCCCCC/C=C\CCCCCCCCCCCCC(=O)NC(CO)C(O)CCCCCCCCCCCC. The Morgan fingerprint density at radius 1 is 0.415 bits per heavy atom. The molecular weight excluding hydrogens is 803 g/mol. The molecule has 0 aromatic heterocycles. The molecule has 0 saturated heterocycles. The number of carbonyl (C=O) groups excluding carboxylic acids is 2. The van der Waals surface area contributed by atoms with Crippen LogP contribution in [-0.4, -0.2) is 47.4 Å². The number of nitrogens with one attached hydrogen (secondary N) is 1. The van der Waals surface area contributed by atoms with Gasteiger partial charge in [0.1, 0.15) is 0 Å². The van der Waals surface area contributed by atoms with Gasteiger partial charge in [0.05, 0.1) is 25.4 Å². The van der Waals surface area contributed by atoms with E-state index >= 15 is 0 Å². The molecule has 65 heavy (non-hydrogen) atoms. The Morgan fingerprint density at radius 3 is 1.12 bits per heavy atom. The summed E-state index contributed by atoms with van der Waals surface area (Å²) in [5.74, 6) is -0.0339. The van der Waals surface area contributed by atoms with Crippen LogP contribution in [0.2, 0.25) is 0 Å². The Morgan fingerprint density at radius 2 is 0.723 bits per heavy atom. The maximum absolute atomic E-state index is 12.4. The van der Waals surface area contributed by atoms with E-state index in [1.165, 1.54) is 238 Å². The molecule has 384 valence electrons. The second kappa shape index (κ2) is 54.9. The molecule has 0 rings (SSSR count). The largest absolute Gasteiger partial charge is 0.466 e. The Labute approximate surface area is 405 Å². The van der Waals surface area contributed by atoms with E-state index in [0.717, 1.165) is 44.9 Å². The fourth-order valence-electron chi connectivity index (χ4n) is 8.98. The van der Waals surface area contributed by atoms with Crippen LogP contribution in [0, 0.1) is 0 Å². The molecule has 2 atom stereocenters. The lowest BCUT2D eigenvalue weighted by Crippen LogP contribution is -2.45. The monoisotopic (exact) mass is 916 g/mol. The van der Waals surface area contributed by atoms with Gasteiger partial charge in [0.15, 0.2) is 0 Å². The van der Waals surface area contributed by atoms with Crippen LogP contribution in [0.4, 0.5) is 0 Å². The van der Waals surface area contributed by atoms with Crippen molar-refractivity contribution in [1.82, 2.24) is 5.32 Å². The summed E-state index contributed by atoms with van der Waals surface area (Å²) < 4.78 is 5.46. The predicted octanol–water partition coefficient (Wildman–Crippen LogP) is 17.9. The third-order valence-electron chi connectivity index (χ3n) is 13.5. The topological polar surface area (TPSA) is 95.9 Å². The number of amides is 1. The lowest BCUT2D eigenvalue weighted by Gasteiger charge is -2.22. The van der Waals surface area contributed by atoms with Crippen LogP contribution in [0.1, 0.15) is 316 Å². The predicted molar refractivity (Wildman–Crippen MR) is 283 cm³/mol. The highest BCUT2D eigenvalue weighted by Crippen LogP contribution is 2.17. The summed E-state index contributed by atoms with van der Waals surface area (Å²) in [5.41, 5.74) is 0. The first kappa shape index (κ1) is 63.3. The van der Waals surface area contributed by atoms with Gasteiger partial charge >= 0.3 is 5.97 Å². The van der Waals surface area contributed by atoms with E-state index in [1.54, 1.807) is 0 Å². The van der Waals surface area contributed by atoms with Crippen LogP contribution in [-0.2, 0) is 14.3 Å². The highest BCUT2D eigenvalue weighted by Gasteiger charge is 2.20. The third-order valence-corrected chi connectivity index (χ3v) is 13.5. The molecule has 0 saturated carbocycles. The maximum Gasteiger partial charge on any atom is 0.305 e. The first-order valence-electron chi connectivity index (χ1n) is 29.1. The van der Waals surface area contributed by atoms with Gasteiger partial charge in [0, 0.05) is 12.8 Å². The van der Waals surface area contributed by atoms with Gasteiger partial charge in [0.2, 0.25) is 5.91 Å². The zero-order valence-corrected chi connectivity index (χ0v) is 43.7. The number of carbonyl (C=O) groups is 2. The first-order chi connectivity index (χ1) is 32.0. The lowest BCUT2D eigenvalue weighted by atomic mass is 10.0.